The van der Waals surface area contributed by atoms with Crippen LogP contribution in [0.2, 0.25) is 0 Å². The fourth-order valence-electron chi connectivity index (χ4n) is 3.56. The van der Waals surface area contributed by atoms with E-state index in [1.165, 1.54) is 23.1 Å². The van der Waals surface area contributed by atoms with Gasteiger partial charge in [0, 0.05) is 18.8 Å². The molecule has 1 aromatic carbocycles. The number of nitrogens with zero attached hydrogens (tertiary/aromatic N) is 3. The number of piperidine rings is 1. The zero-order valence-electron chi connectivity index (χ0n) is 15.6. The van der Waals surface area contributed by atoms with E-state index in [4.69, 9.17) is 0 Å². The number of rotatable bonds is 7. The number of hydrogen-bond acceptors (Lipinski definition) is 6. The topological polar surface area (TPSA) is 92.5 Å². The summed E-state index contributed by atoms with van der Waals surface area (Å²) >= 11 is 2.74. The number of carboxylic acid groups (broad SMARTS) is 1. The fourth-order valence-corrected chi connectivity index (χ4v) is 7.40. The molecule has 0 saturated carbocycles. The third kappa shape index (κ3) is 4.35. The molecule has 29 heavy (non-hydrogen) atoms. The minimum Gasteiger partial charge on any atom is -0.480 e. The number of aromatic nitrogens is 2. The quantitative estimate of drug-likeness (QED) is 0.554. The lowest BCUT2D eigenvalue weighted by Gasteiger charge is -2.31. The molecule has 1 N–H and O–H groups in total. The van der Waals surface area contributed by atoms with E-state index >= 15 is 0 Å². The second-order valence-electron chi connectivity index (χ2n) is 6.98. The van der Waals surface area contributed by atoms with Crippen molar-refractivity contribution in [2.75, 3.05) is 18.8 Å². The number of hydrogen-bond donors (Lipinski definition) is 1. The molecule has 0 spiro atoms. The molecule has 1 aliphatic heterocycles. The first-order chi connectivity index (χ1) is 13.9. The van der Waals surface area contributed by atoms with Crippen LogP contribution in [0.3, 0.4) is 0 Å². The first-order valence-corrected chi connectivity index (χ1v) is 12.6. The highest BCUT2D eigenvalue weighted by atomic mass is 32.2. The summed E-state index contributed by atoms with van der Waals surface area (Å²) < 4.78 is 29.3. The summed E-state index contributed by atoms with van der Waals surface area (Å²) in [6, 6.07) is 10.9. The number of aliphatic carboxylic acids is 1. The average Bonchev–Trinajstić information content (AvgIpc) is 3.36. The highest BCUT2D eigenvalue weighted by Crippen LogP contribution is 2.31. The van der Waals surface area contributed by atoms with Crippen LogP contribution in [0.4, 0.5) is 0 Å². The lowest BCUT2D eigenvalue weighted by molar-refractivity contribution is -0.137. The van der Waals surface area contributed by atoms with Gasteiger partial charge in [0.2, 0.25) is 0 Å². The van der Waals surface area contributed by atoms with Crippen molar-refractivity contribution in [1.82, 2.24) is 13.9 Å². The maximum absolute atomic E-state index is 12.8. The van der Waals surface area contributed by atoms with Crippen LogP contribution < -0.4 is 0 Å². The van der Waals surface area contributed by atoms with Gasteiger partial charge in [-0.15, -0.1) is 11.3 Å². The summed E-state index contributed by atoms with van der Waals surface area (Å²) in [6.07, 6.45) is 1.77. The largest absolute Gasteiger partial charge is 0.480 e. The summed E-state index contributed by atoms with van der Waals surface area (Å²) in [6.45, 7) is 0.873. The molecule has 1 atom stereocenters. The minimum atomic E-state index is -3.44. The number of carbonyl (C=O) groups is 1. The van der Waals surface area contributed by atoms with Gasteiger partial charge in [0.1, 0.15) is 10.8 Å². The van der Waals surface area contributed by atoms with Crippen LogP contribution in [0.25, 0.3) is 11.0 Å². The van der Waals surface area contributed by atoms with E-state index < -0.39 is 16.0 Å². The number of fused-ring (bicyclic) bond motifs is 1. The Balaban J connectivity index is 1.48. The summed E-state index contributed by atoms with van der Waals surface area (Å²) in [4.78, 5) is 15.9. The van der Waals surface area contributed by atoms with Gasteiger partial charge in [-0.05, 0) is 42.3 Å². The van der Waals surface area contributed by atoms with Gasteiger partial charge in [0.15, 0.2) is 5.16 Å². The predicted molar refractivity (Wildman–Crippen MR) is 114 cm³/mol. The van der Waals surface area contributed by atoms with Crippen LogP contribution in [0, 0.1) is 5.92 Å². The molecule has 1 aliphatic rings. The predicted octanol–water partition coefficient (Wildman–Crippen LogP) is 3.38. The molecule has 0 aliphatic carbocycles. The molecule has 7 nitrogen and oxygen atoms in total. The van der Waals surface area contributed by atoms with E-state index in [1.54, 1.807) is 26.4 Å². The standard InChI is InChI=1S/C19H21N3O4S3/c23-17(24)12-22-16-7-2-1-6-15(16)20-19(22)28-13-14-5-3-9-21(11-14)29(25,26)18-8-4-10-27-18/h1-2,4,6-8,10,14H,3,5,9,11-13H2,(H,23,24). The Labute approximate surface area is 177 Å². The lowest BCUT2D eigenvalue weighted by atomic mass is 10.0. The fraction of sp³-hybridized carbons (Fsp3) is 0.368. The van der Waals surface area contributed by atoms with Gasteiger partial charge in [0.05, 0.1) is 11.0 Å². The molecule has 154 valence electrons. The maximum Gasteiger partial charge on any atom is 0.323 e. The van der Waals surface area contributed by atoms with E-state index in [0.29, 0.717) is 28.2 Å². The van der Waals surface area contributed by atoms with E-state index in [9.17, 15) is 18.3 Å². The van der Waals surface area contributed by atoms with E-state index in [0.717, 1.165) is 23.9 Å². The van der Waals surface area contributed by atoms with Crippen LogP contribution >= 0.6 is 23.1 Å². The zero-order valence-corrected chi connectivity index (χ0v) is 18.0. The second-order valence-corrected chi connectivity index (χ2v) is 11.1. The second kappa shape index (κ2) is 8.47. The van der Waals surface area contributed by atoms with Crippen LogP contribution in [-0.4, -0.2) is 52.2 Å². The monoisotopic (exact) mass is 451 g/mol. The van der Waals surface area contributed by atoms with E-state index in [1.807, 2.05) is 24.3 Å². The van der Waals surface area contributed by atoms with Crippen molar-refractivity contribution in [2.45, 2.75) is 28.8 Å². The van der Waals surface area contributed by atoms with Crippen molar-refractivity contribution < 1.29 is 18.3 Å². The number of carboxylic acids is 1. The molecule has 0 radical (unpaired) electrons. The van der Waals surface area contributed by atoms with Crippen molar-refractivity contribution in [1.29, 1.82) is 0 Å². The van der Waals surface area contributed by atoms with Gasteiger partial charge in [-0.3, -0.25) is 4.79 Å². The average molecular weight is 452 g/mol. The van der Waals surface area contributed by atoms with Crippen LogP contribution in [0.5, 0.6) is 0 Å². The molecule has 3 aromatic rings. The Morgan fingerprint density at radius 2 is 2.10 bits per heavy atom. The number of sulfonamides is 1. The minimum absolute atomic E-state index is 0.146. The Morgan fingerprint density at radius 3 is 2.86 bits per heavy atom. The molecule has 1 unspecified atom stereocenters. The third-order valence-electron chi connectivity index (χ3n) is 4.93. The number of thioether (sulfide) groups is 1. The van der Waals surface area contributed by atoms with E-state index in [2.05, 4.69) is 4.98 Å². The number of thiophene rings is 1. The molecule has 4 rings (SSSR count). The Morgan fingerprint density at radius 1 is 1.28 bits per heavy atom. The zero-order chi connectivity index (χ0) is 20.4. The molecular weight excluding hydrogens is 430 g/mol. The van der Waals surface area contributed by atoms with Gasteiger partial charge in [-0.2, -0.15) is 4.31 Å². The Hall–Kier alpha value is -1.88. The van der Waals surface area contributed by atoms with Gasteiger partial charge in [-0.25, -0.2) is 13.4 Å². The molecule has 0 amide bonds. The normalized spacial score (nSPS) is 18.3. The van der Waals surface area contributed by atoms with Gasteiger partial charge >= 0.3 is 5.97 Å². The summed E-state index contributed by atoms with van der Waals surface area (Å²) in [5, 5.41) is 11.7. The highest BCUT2D eigenvalue weighted by Gasteiger charge is 2.31. The lowest BCUT2D eigenvalue weighted by Crippen LogP contribution is -2.40. The first kappa shape index (κ1) is 20.4. The Bertz CT molecular complexity index is 1110. The van der Waals surface area contributed by atoms with Crippen LogP contribution in [-0.2, 0) is 21.4 Å². The first-order valence-electron chi connectivity index (χ1n) is 9.28. The van der Waals surface area contributed by atoms with Crippen molar-refractivity contribution in [3.8, 4) is 0 Å². The SMILES string of the molecule is O=C(O)Cn1c(SCC2CCCN(S(=O)(=O)c3cccs3)C2)nc2ccccc21. The van der Waals surface area contributed by atoms with E-state index in [-0.39, 0.29) is 12.5 Å². The van der Waals surface area contributed by atoms with Crippen LogP contribution in [0.15, 0.2) is 51.1 Å². The highest BCUT2D eigenvalue weighted by molar-refractivity contribution is 7.99. The molecular formula is C19H21N3O4S3. The van der Waals surface area contributed by atoms with Crippen molar-refractivity contribution in [3.63, 3.8) is 0 Å². The molecule has 10 heteroatoms. The van der Waals surface area contributed by atoms with Crippen molar-refractivity contribution >= 4 is 50.1 Å². The third-order valence-corrected chi connectivity index (χ3v) is 9.38. The summed E-state index contributed by atoms with van der Waals surface area (Å²) in [5.74, 6) is -0.0261. The number of para-hydroxylation sites is 2. The number of imidazole rings is 1. The maximum atomic E-state index is 12.8. The van der Waals surface area contributed by atoms with Crippen molar-refractivity contribution in [3.05, 3.63) is 41.8 Å². The molecule has 1 fully saturated rings. The van der Waals surface area contributed by atoms with Gasteiger partial charge in [-0.1, -0.05) is 30.0 Å². The summed E-state index contributed by atoms with van der Waals surface area (Å²) in [5.41, 5.74) is 1.56. The smallest absolute Gasteiger partial charge is 0.323 e. The molecule has 0 bridgehead atoms. The van der Waals surface area contributed by atoms with Crippen LogP contribution in [0.1, 0.15) is 12.8 Å². The molecule has 3 heterocycles. The van der Waals surface area contributed by atoms with Gasteiger partial charge < -0.3 is 9.67 Å². The molecule has 2 aromatic heterocycles. The van der Waals surface area contributed by atoms with Crippen molar-refractivity contribution in [2.24, 2.45) is 5.92 Å². The molecule has 1 saturated heterocycles. The number of benzene rings is 1. The van der Waals surface area contributed by atoms with Gasteiger partial charge in [0.25, 0.3) is 10.0 Å². The summed E-state index contributed by atoms with van der Waals surface area (Å²) in [7, 11) is -3.44. The Kier molecular flexibility index (Phi) is 5.95.